The van der Waals surface area contributed by atoms with Crippen molar-refractivity contribution in [1.29, 1.82) is 0 Å². The number of methoxy groups -OCH3 is 2. The number of ether oxygens (including phenoxy) is 2. The van der Waals surface area contributed by atoms with Crippen molar-refractivity contribution in [3.8, 4) is 11.5 Å². The van der Waals surface area contributed by atoms with Crippen molar-refractivity contribution in [2.75, 3.05) is 14.2 Å². The first-order valence-electron chi connectivity index (χ1n) is 8.14. The molecule has 1 aromatic carbocycles. The van der Waals surface area contributed by atoms with Gasteiger partial charge >= 0.3 is 0 Å². The Kier molecular flexibility index (Phi) is 5.49. The normalized spacial score (nSPS) is 13.0. The molecule has 0 spiro atoms. The molecule has 1 heterocycles. The molecule has 0 amide bonds. The molecule has 0 saturated heterocycles. The number of benzene rings is 1. The van der Waals surface area contributed by atoms with Crippen LogP contribution < -0.4 is 14.8 Å². The van der Waals surface area contributed by atoms with E-state index in [0.29, 0.717) is 6.54 Å². The molecule has 0 saturated carbocycles. The number of hydrogen-bond acceptors (Lipinski definition) is 5. The molecule has 132 valence electrons. The molecular weight excluding hydrogens is 304 g/mol. The van der Waals surface area contributed by atoms with Crippen LogP contribution in [0.5, 0.6) is 11.5 Å². The topological polar surface area (TPSA) is 61.2 Å². The van der Waals surface area contributed by atoms with Crippen molar-refractivity contribution < 1.29 is 9.47 Å². The maximum absolute atomic E-state index is 5.48. The van der Waals surface area contributed by atoms with E-state index < -0.39 is 0 Å². The van der Waals surface area contributed by atoms with Crippen LogP contribution >= 0.6 is 0 Å². The predicted octanol–water partition coefficient (Wildman–Crippen LogP) is 3.21. The Morgan fingerprint density at radius 3 is 2.46 bits per heavy atom. The van der Waals surface area contributed by atoms with Crippen molar-refractivity contribution >= 4 is 0 Å². The summed E-state index contributed by atoms with van der Waals surface area (Å²) in [7, 11) is 3.31. The fourth-order valence-electron chi connectivity index (χ4n) is 2.64. The van der Waals surface area contributed by atoms with E-state index in [1.54, 1.807) is 14.2 Å². The Morgan fingerprint density at radius 1 is 1.21 bits per heavy atom. The summed E-state index contributed by atoms with van der Waals surface area (Å²) < 4.78 is 12.7. The number of nitrogens with zero attached hydrogens (tertiary/aromatic N) is 3. The second kappa shape index (κ2) is 7.21. The smallest absolute Gasteiger partial charge is 0.163 e. The third kappa shape index (κ3) is 3.87. The zero-order chi connectivity index (χ0) is 17.9. The molecule has 0 aliphatic rings. The molecule has 1 unspecified atom stereocenters. The monoisotopic (exact) mass is 332 g/mol. The molecule has 1 N–H and O–H groups in total. The Labute approximate surface area is 144 Å². The van der Waals surface area contributed by atoms with Gasteiger partial charge in [-0.3, -0.25) is 0 Å². The molecule has 6 heteroatoms. The zero-order valence-electron chi connectivity index (χ0n) is 15.7. The molecular formula is C18H28N4O2. The standard InChI is InChI=1S/C18H28N4O2/c1-12-15(8-9-16(23-6)17(12)24-7)13(2)19-10-14-11-22(21-20-14)18(3,4)5/h8-9,11,13,19H,10H2,1-7H3. The molecule has 1 atom stereocenters. The molecule has 0 aliphatic heterocycles. The Bertz CT molecular complexity index is 689. The highest BCUT2D eigenvalue weighted by Gasteiger charge is 2.17. The summed E-state index contributed by atoms with van der Waals surface area (Å²) in [5, 5.41) is 11.9. The summed E-state index contributed by atoms with van der Waals surface area (Å²) in [6, 6.07) is 4.17. The number of nitrogens with one attached hydrogen (secondary N) is 1. The summed E-state index contributed by atoms with van der Waals surface area (Å²) in [5.41, 5.74) is 3.12. The number of rotatable bonds is 6. The van der Waals surface area contributed by atoms with Crippen LogP contribution in [0.3, 0.4) is 0 Å². The van der Waals surface area contributed by atoms with E-state index in [2.05, 4.69) is 49.4 Å². The molecule has 24 heavy (non-hydrogen) atoms. The Balaban J connectivity index is 2.10. The van der Waals surface area contributed by atoms with Crippen molar-refractivity contribution in [3.63, 3.8) is 0 Å². The highest BCUT2D eigenvalue weighted by atomic mass is 16.5. The second-order valence-electron chi connectivity index (χ2n) is 6.94. The van der Waals surface area contributed by atoms with Gasteiger partial charge in [-0.15, -0.1) is 5.10 Å². The van der Waals surface area contributed by atoms with Crippen LogP contribution in [0.25, 0.3) is 0 Å². The first kappa shape index (κ1) is 18.3. The van der Waals surface area contributed by atoms with Gasteiger partial charge in [0.25, 0.3) is 0 Å². The summed E-state index contributed by atoms with van der Waals surface area (Å²) in [4.78, 5) is 0. The molecule has 1 aromatic heterocycles. The lowest BCUT2D eigenvalue weighted by Crippen LogP contribution is -2.22. The van der Waals surface area contributed by atoms with Crippen molar-refractivity contribution in [1.82, 2.24) is 20.3 Å². The van der Waals surface area contributed by atoms with Crippen molar-refractivity contribution in [2.24, 2.45) is 0 Å². The fourth-order valence-corrected chi connectivity index (χ4v) is 2.64. The number of aromatic nitrogens is 3. The van der Waals surface area contributed by atoms with Gasteiger partial charge in [0.2, 0.25) is 0 Å². The molecule has 0 radical (unpaired) electrons. The van der Waals surface area contributed by atoms with Gasteiger partial charge in [-0.1, -0.05) is 11.3 Å². The second-order valence-corrected chi connectivity index (χ2v) is 6.94. The minimum atomic E-state index is -0.0587. The summed E-state index contributed by atoms with van der Waals surface area (Å²) in [6.07, 6.45) is 1.99. The average Bonchev–Trinajstić information content (AvgIpc) is 3.01. The predicted molar refractivity (Wildman–Crippen MR) is 94.6 cm³/mol. The third-order valence-electron chi connectivity index (χ3n) is 4.12. The number of hydrogen-bond donors (Lipinski definition) is 1. The molecule has 0 aliphatic carbocycles. The first-order valence-corrected chi connectivity index (χ1v) is 8.14. The van der Waals surface area contributed by atoms with E-state index in [4.69, 9.17) is 9.47 Å². The average molecular weight is 332 g/mol. The Morgan fingerprint density at radius 2 is 1.92 bits per heavy atom. The van der Waals surface area contributed by atoms with Crippen molar-refractivity contribution in [2.45, 2.75) is 52.7 Å². The van der Waals surface area contributed by atoms with E-state index >= 15 is 0 Å². The minimum Gasteiger partial charge on any atom is -0.493 e. The maximum atomic E-state index is 5.48. The minimum absolute atomic E-state index is 0.0587. The van der Waals surface area contributed by atoms with Crippen LogP contribution in [-0.2, 0) is 12.1 Å². The highest BCUT2D eigenvalue weighted by molar-refractivity contribution is 5.50. The van der Waals surface area contributed by atoms with E-state index in [1.165, 1.54) is 5.56 Å². The highest BCUT2D eigenvalue weighted by Crippen LogP contribution is 2.35. The summed E-state index contributed by atoms with van der Waals surface area (Å²) in [6.45, 7) is 11.1. The van der Waals surface area contributed by atoms with E-state index in [1.807, 2.05) is 23.9 Å². The molecule has 0 fully saturated rings. The van der Waals surface area contributed by atoms with Crippen LogP contribution in [0.1, 0.15) is 50.6 Å². The molecule has 6 nitrogen and oxygen atoms in total. The first-order chi connectivity index (χ1) is 11.3. The van der Waals surface area contributed by atoms with E-state index in [0.717, 1.165) is 22.8 Å². The van der Waals surface area contributed by atoms with Crippen LogP contribution in [0.4, 0.5) is 0 Å². The summed E-state index contributed by atoms with van der Waals surface area (Å²) >= 11 is 0. The Hall–Kier alpha value is -2.08. The molecule has 0 bridgehead atoms. The van der Waals surface area contributed by atoms with Gasteiger partial charge in [0.1, 0.15) is 0 Å². The largest absolute Gasteiger partial charge is 0.493 e. The molecule has 2 aromatic rings. The lowest BCUT2D eigenvalue weighted by atomic mass is 10.0. The van der Waals surface area contributed by atoms with Gasteiger partial charge in [0, 0.05) is 12.6 Å². The van der Waals surface area contributed by atoms with Crippen LogP contribution in [0, 0.1) is 6.92 Å². The quantitative estimate of drug-likeness (QED) is 0.880. The van der Waals surface area contributed by atoms with Gasteiger partial charge in [0.15, 0.2) is 11.5 Å². The van der Waals surface area contributed by atoms with Gasteiger partial charge in [0.05, 0.1) is 31.6 Å². The maximum Gasteiger partial charge on any atom is 0.163 e. The van der Waals surface area contributed by atoms with Gasteiger partial charge in [-0.25, -0.2) is 4.68 Å². The fraction of sp³-hybridized carbons (Fsp3) is 0.556. The van der Waals surface area contributed by atoms with Gasteiger partial charge < -0.3 is 14.8 Å². The van der Waals surface area contributed by atoms with E-state index in [-0.39, 0.29) is 11.6 Å². The van der Waals surface area contributed by atoms with Crippen LogP contribution in [0.15, 0.2) is 18.3 Å². The molecule has 2 rings (SSSR count). The zero-order valence-corrected chi connectivity index (χ0v) is 15.7. The lowest BCUT2D eigenvalue weighted by molar-refractivity contribution is 0.346. The van der Waals surface area contributed by atoms with Crippen molar-refractivity contribution in [3.05, 3.63) is 35.2 Å². The summed E-state index contributed by atoms with van der Waals surface area (Å²) in [5.74, 6) is 1.53. The van der Waals surface area contributed by atoms with Crippen LogP contribution in [-0.4, -0.2) is 29.2 Å². The van der Waals surface area contributed by atoms with Gasteiger partial charge in [-0.05, 0) is 51.8 Å². The third-order valence-corrected chi connectivity index (χ3v) is 4.12. The SMILES string of the molecule is COc1ccc(C(C)NCc2cn(C(C)(C)C)nn2)c(C)c1OC. The van der Waals surface area contributed by atoms with Crippen LogP contribution in [0.2, 0.25) is 0 Å². The van der Waals surface area contributed by atoms with E-state index in [9.17, 15) is 0 Å². The van der Waals surface area contributed by atoms with Gasteiger partial charge in [-0.2, -0.15) is 0 Å². The lowest BCUT2D eigenvalue weighted by Gasteiger charge is -2.19.